The number of amidine groups is 1. The van der Waals surface area contributed by atoms with Gasteiger partial charge in [0.15, 0.2) is 5.17 Å². The largest absolute Gasteiger partial charge is 0.399 e. The summed E-state index contributed by atoms with van der Waals surface area (Å²) in [6.07, 6.45) is 2.19. The average Bonchev–Trinajstić information content (AvgIpc) is 3.22. The Labute approximate surface area is 192 Å². The van der Waals surface area contributed by atoms with Gasteiger partial charge in [0, 0.05) is 46.7 Å². The Balaban J connectivity index is 1.24. The molecule has 2 unspecified atom stereocenters. The maximum Gasteiger partial charge on any atom is 0.258 e. The molecule has 0 bridgehead atoms. The Morgan fingerprint density at radius 1 is 1.19 bits per heavy atom. The lowest BCUT2D eigenvalue weighted by molar-refractivity contribution is -0.110. The molecular formula is C24H28N6OS. The fraction of sp³-hybridized carbons (Fsp3) is 0.333. The van der Waals surface area contributed by atoms with Crippen LogP contribution in [0.2, 0.25) is 0 Å². The third-order valence-corrected chi connectivity index (χ3v) is 7.52. The fourth-order valence-corrected chi connectivity index (χ4v) is 5.78. The third-order valence-electron chi connectivity index (χ3n) is 6.32. The van der Waals surface area contributed by atoms with E-state index in [9.17, 15) is 4.79 Å². The highest BCUT2D eigenvalue weighted by Gasteiger charge is 2.32. The molecule has 0 aromatic heterocycles. The van der Waals surface area contributed by atoms with E-state index in [1.165, 1.54) is 5.56 Å². The van der Waals surface area contributed by atoms with Crippen molar-refractivity contribution in [3.63, 3.8) is 0 Å². The normalized spacial score (nSPS) is 24.3. The van der Waals surface area contributed by atoms with Crippen molar-refractivity contribution in [1.29, 1.82) is 0 Å². The van der Waals surface area contributed by atoms with Crippen molar-refractivity contribution in [1.82, 2.24) is 4.90 Å². The highest BCUT2D eigenvalue weighted by molar-refractivity contribution is 8.14. The number of benzene rings is 2. The number of nitrogen functional groups attached to an aromatic ring is 1. The molecule has 1 amide bonds. The van der Waals surface area contributed by atoms with Crippen LogP contribution in [0.5, 0.6) is 0 Å². The number of thioether (sulfide) groups is 1. The van der Waals surface area contributed by atoms with Crippen molar-refractivity contribution in [3.8, 4) is 0 Å². The number of nitrogens with zero attached hydrogens (tertiary/aromatic N) is 2. The number of amides is 1. The van der Waals surface area contributed by atoms with Crippen molar-refractivity contribution in [3.05, 3.63) is 59.3 Å². The van der Waals surface area contributed by atoms with Gasteiger partial charge in [-0.05, 0) is 62.2 Å². The van der Waals surface area contributed by atoms with Crippen molar-refractivity contribution in [2.24, 2.45) is 10.7 Å². The Bertz CT molecular complexity index is 1110. The SMILES string of the molecule is C/C(Nc1ccc(CN2CCC3N=C(N)SC3CC2)cc1)=C1/C(=O)Nc2ccc(N)cc21. The van der Waals surface area contributed by atoms with Crippen LogP contribution in [0.4, 0.5) is 17.1 Å². The summed E-state index contributed by atoms with van der Waals surface area (Å²) in [7, 11) is 0. The van der Waals surface area contributed by atoms with Gasteiger partial charge in [-0.3, -0.25) is 14.7 Å². The van der Waals surface area contributed by atoms with Gasteiger partial charge in [-0.1, -0.05) is 23.9 Å². The second-order valence-corrected chi connectivity index (χ2v) is 9.89. The van der Waals surface area contributed by atoms with Crippen LogP contribution >= 0.6 is 11.8 Å². The minimum Gasteiger partial charge on any atom is -0.399 e. The number of anilines is 3. The molecule has 0 saturated carbocycles. The molecule has 1 fully saturated rings. The van der Waals surface area contributed by atoms with E-state index in [1.54, 1.807) is 17.8 Å². The van der Waals surface area contributed by atoms with Crippen LogP contribution in [0.1, 0.15) is 30.9 Å². The number of aliphatic imine (C=N–C) groups is 1. The van der Waals surface area contributed by atoms with Crippen LogP contribution in [0.3, 0.4) is 0 Å². The summed E-state index contributed by atoms with van der Waals surface area (Å²) in [6.45, 7) is 4.96. The first-order valence-electron chi connectivity index (χ1n) is 11.0. The summed E-state index contributed by atoms with van der Waals surface area (Å²) >= 11 is 1.74. The molecule has 2 atom stereocenters. The van der Waals surface area contributed by atoms with E-state index in [0.29, 0.717) is 22.6 Å². The molecule has 2 aromatic carbocycles. The van der Waals surface area contributed by atoms with Crippen LogP contribution in [0.25, 0.3) is 5.57 Å². The zero-order valence-electron chi connectivity index (χ0n) is 18.1. The molecule has 0 radical (unpaired) electrons. The number of allylic oxidation sites excluding steroid dienone is 1. The predicted octanol–water partition coefficient (Wildman–Crippen LogP) is 3.46. The van der Waals surface area contributed by atoms with Gasteiger partial charge in [-0.2, -0.15) is 0 Å². The molecule has 5 rings (SSSR count). The van der Waals surface area contributed by atoms with Crippen molar-refractivity contribution >= 4 is 45.5 Å². The van der Waals surface area contributed by atoms with Crippen LogP contribution in [0, 0.1) is 0 Å². The molecule has 3 aliphatic rings. The number of nitrogens with two attached hydrogens (primary N) is 2. The van der Waals surface area contributed by atoms with Gasteiger partial charge in [0.2, 0.25) is 0 Å². The minimum absolute atomic E-state index is 0.109. The molecular weight excluding hydrogens is 420 g/mol. The van der Waals surface area contributed by atoms with E-state index in [2.05, 4.69) is 44.8 Å². The zero-order valence-corrected chi connectivity index (χ0v) is 18.9. The van der Waals surface area contributed by atoms with E-state index in [-0.39, 0.29) is 5.91 Å². The zero-order chi connectivity index (χ0) is 22.2. The number of hydrogen-bond donors (Lipinski definition) is 4. The molecule has 3 aliphatic heterocycles. The fourth-order valence-electron chi connectivity index (χ4n) is 4.69. The smallest absolute Gasteiger partial charge is 0.258 e. The Kier molecular flexibility index (Phi) is 5.57. The lowest BCUT2D eigenvalue weighted by atomic mass is 10.0. The summed E-state index contributed by atoms with van der Waals surface area (Å²) in [6, 6.07) is 14.3. The second kappa shape index (κ2) is 8.52. The first-order valence-corrected chi connectivity index (χ1v) is 11.8. The molecule has 1 saturated heterocycles. The van der Waals surface area contributed by atoms with Gasteiger partial charge in [0.25, 0.3) is 5.91 Å². The quantitative estimate of drug-likeness (QED) is 0.421. The van der Waals surface area contributed by atoms with E-state index in [4.69, 9.17) is 11.5 Å². The lowest BCUT2D eigenvalue weighted by Crippen LogP contribution is -2.24. The summed E-state index contributed by atoms with van der Waals surface area (Å²) in [4.78, 5) is 19.6. The lowest BCUT2D eigenvalue weighted by Gasteiger charge is -2.20. The Hall–Kier alpha value is -2.97. The summed E-state index contributed by atoms with van der Waals surface area (Å²) in [5.41, 5.74) is 17.8. The van der Waals surface area contributed by atoms with E-state index in [1.807, 2.05) is 19.1 Å². The molecule has 8 heteroatoms. The number of fused-ring (bicyclic) bond motifs is 2. The van der Waals surface area contributed by atoms with Crippen molar-refractivity contribution in [2.75, 3.05) is 29.5 Å². The van der Waals surface area contributed by atoms with Crippen LogP contribution in [-0.4, -0.2) is 40.4 Å². The summed E-state index contributed by atoms with van der Waals surface area (Å²) < 4.78 is 0. The van der Waals surface area contributed by atoms with Crippen molar-refractivity contribution in [2.45, 2.75) is 37.6 Å². The van der Waals surface area contributed by atoms with Crippen molar-refractivity contribution < 1.29 is 4.79 Å². The van der Waals surface area contributed by atoms with E-state index in [0.717, 1.165) is 60.3 Å². The molecule has 32 heavy (non-hydrogen) atoms. The molecule has 7 nitrogen and oxygen atoms in total. The van der Waals surface area contributed by atoms with Gasteiger partial charge >= 0.3 is 0 Å². The first-order chi connectivity index (χ1) is 15.5. The summed E-state index contributed by atoms with van der Waals surface area (Å²) in [5.74, 6) is -0.109. The third kappa shape index (κ3) is 4.20. The molecule has 0 aliphatic carbocycles. The number of rotatable bonds is 4. The van der Waals surface area contributed by atoms with Gasteiger partial charge < -0.3 is 22.1 Å². The topological polar surface area (TPSA) is 109 Å². The molecule has 166 valence electrons. The molecule has 6 N–H and O–H groups in total. The predicted molar refractivity (Wildman–Crippen MR) is 133 cm³/mol. The van der Waals surface area contributed by atoms with Gasteiger partial charge in [0.05, 0.1) is 11.6 Å². The molecule has 2 aromatic rings. The van der Waals surface area contributed by atoms with Crippen LogP contribution in [-0.2, 0) is 11.3 Å². The van der Waals surface area contributed by atoms with Crippen LogP contribution in [0.15, 0.2) is 53.2 Å². The maximum atomic E-state index is 12.5. The Morgan fingerprint density at radius 3 is 2.78 bits per heavy atom. The monoisotopic (exact) mass is 448 g/mol. The summed E-state index contributed by atoms with van der Waals surface area (Å²) in [5, 5.41) is 7.58. The van der Waals surface area contributed by atoms with E-state index < -0.39 is 0 Å². The maximum absolute atomic E-state index is 12.5. The van der Waals surface area contributed by atoms with Crippen LogP contribution < -0.4 is 22.1 Å². The second-order valence-electron chi connectivity index (χ2n) is 8.63. The standard InChI is InChI=1S/C24H28N6OS/c1-14(22-18-12-16(25)4-7-19(18)28-23(22)31)27-17-5-2-15(3-6-17)13-30-10-8-20-21(9-11-30)32-24(26)29-20/h2-7,12,20-21,27H,8-11,13,25H2,1H3,(H2,26,29)(H,28,31)/b22-14-. The number of hydrogen-bond acceptors (Lipinski definition) is 7. The van der Waals surface area contributed by atoms with Gasteiger partial charge in [0.1, 0.15) is 0 Å². The number of carbonyl (C=O) groups excluding carboxylic acids is 1. The van der Waals surface area contributed by atoms with E-state index >= 15 is 0 Å². The van der Waals surface area contributed by atoms with Gasteiger partial charge in [-0.25, -0.2) is 0 Å². The number of nitrogens with one attached hydrogen (secondary N) is 2. The minimum atomic E-state index is -0.109. The number of carbonyl (C=O) groups is 1. The molecule has 0 spiro atoms. The molecule has 3 heterocycles. The van der Waals surface area contributed by atoms with Gasteiger partial charge in [-0.15, -0.1) is 0 Å². The average molecular weight is 449 g/mol. The Morgan fingerprint density at radius 2 is 1.97 bits per heavy atom. The first kappa shape index (κ1) is 20.9. The highest BCUT2D eigenvalue weighted by Crippen LogP contribution is 2.35. The highest BCUT2D eigenvalue weighted by atomic mass is 32.2. The number of likely N-dealkylation sites (tertiary alicyclic amines) is 1.